The van der Waals surface area contributed by atoms with Gasteiger partial charge in [0, 0.05) is 12.3 Å². The van der Waals surface area contributed by atoms with Gasteiger partial charge in [0.2, 0.25) is 0 Å². The number of halogens is 3. The van der Waals surface area contributed by atoms with Crippen molar-refractivity contribution in [2.45, 2.75) is 35.9 Å². The molecule has 8 heteroatoms. The number of hydrogen-bond donors (Lipinski definition) is 1. The van der Waals surface area contributed by atoms with Crippen molar-refractivity contribution in [1.82, 2.24) is 0 Å². The Balaban J connectivity index is 2.15. The second-order valence-corrected chi connectivity index (χ2v) is 6.53. The number of ether oxygens (including phenoxy) is 1. The van der Waals surface area contributed by atoms with Crippen LogP contribution in [0.3, 0.4) is 0 Å². The minimum Gasteiger partial charge on any atom is -0.380 e. The molecule has 20 heavy (non-hydrogen) atoms. The summed E-state index contributed by atoms with van der Waals surface area (Å²) in [7, 11) is -5.28. The number of sulfone groups is 1. The number of alkyl halides is 3. The van der Waals surface area contributed by atoms with Crippen LogP contribution in [0.25, 0.3) is 0 Å². The van der Waals surface area contributed by atoms with Gasteiger partial charge in [-0.2, -0.15) is 13.2 Å². The lowest BCUT2D eigenvalue weighted by Crippen LogP contribution is -2.26. The van der Waals surface area contributed by atoms with Gasteiger partial charge in [0.15, 0.2) is 0 Å². The molecule has 0 bridgehead atoms. The summed E-state index contributed by atoms with van der Waals surface area (Å²) in [6.07, 6.45) is 0.803. The average molecular weight is 309 g/mol. The van der Waals surface area contributed by atoms with E-state index in [4.69, 9.17) is 4.74 Å². The van der Waals surface area contributed by atoms with Crippen LogP contribution >= 0.6 is 0 Å². The quantitative estimate of drug-likeness (QED) is 0.932. The summed E-state index contributed by atoms with van der Waals surface area (Å²) >= 11 is 0. The van der Waals surface area contributed by atoms with Gasteiger partial charge in [0.05, 0.1) is 17.0 Å². The van der Waals surface area contributed by atoms with Gasteiger partial charge in [0.1, 0.15) is 0 Å². The molecule has 1 aromatic carbocycles. The molecule has 112 valence electrons. The maximum atomic E-state index is 12.4. The van der Waals surface area contributed by atoms with E-state index in [2.05, 4.69) is 5.32 Å². The van der Waals surface area contributed by atoms with E-state index in [0.717, 1.165) is 18.6 Å². The first kappa shape index (κ1) is 15.1. The van der Waals surface area contributed by atoms with Gasteiger partial charge in [-0.15, -0.1) is 0 Å². The van der Waals surface area contributed by atoms with Gasteiger partial charge in [-0.1, -0.05) is 0 Å². The number of nitrogens with one attached hydrogen (secondary N) is 1. The van der Waals surface area contributed by atoms with Gasteiger partial charge in [0.25, 0.3) is 9.84 Å². The molecule has 0 aromatic heterocycles. The van der Waals surface area contributed by atoms with Crippen LogP contribution in [0.15, 0.2) is 29.2 Å². The molecule has 4 nitrogen and oxygen atoms in total. The van der Waals surface area contributed by atoms with Crippen molar-refractivity contribution < 1.29 is 26.3 Å². The van der Waals surface area contributed by atoms with Crippen molar-refractivity contribution in [3.63, 3.8) is 0 Å². The molecule has 1 N–H and O–H groups in total. The number of rotatable bonds is 3. The van der Waals surface area contributed by atoms with Gasteiger partial charge in [-0.05, 0) is 37.6 Å². The molecular weight excluding hydrogens is 295 g/mol. The topological polar surface area (TPSA) is 55.4 Å². The monoisotopic (exact) mass is 309 g/mol. The molecule has 0 amide bonds. The third kappa shape index (κ3) is 2.90. The molecule has 0 radical (unpaired) electrons. The Kier molecular flexibility index (Phi) is 3.97. The minimum atomic E-state index is -5.28. The van der Waals surface area contributed by atoms with Crippen LogP contribution < -0.4 is 5.32 Å². The van der Waals surface area contributed by atoms with Gasteiger partial charge in [-0.3, -0.25) is 0 Å². The lowest BCUT2D eigenvalue weighted by molar-refractivity contribution is -0.0436. The molecule has 1 aromatic rings. The van der Waals surface area contributed by atoms with Crippen LogP contribution in [0.5, 0.6) is 0 Å². The standard InChI is InChI=1S/C12H14F3NO3S/c1-8-11(6-7-19-8)16-9-2-4-10(5-3-9)20(17,18)12(13,14)15/h2-5,8,11,16H,6-7H2,1H3. The molecule has 0 saturated carbocycles. The highest BCUT2D eigenvalue weighted by Crippen LogP contribution is 2.31. The normalized spacial score (nSPS) is 23.8. The SMILES string of the molecule is CC1OCCC1Nc1ccc(S(=O)(=O)C(F)(F)F)cc1. The highest BCUT2D eigenvalue weighted by molar-refractivity contribution is 7.92. The molecule has 2 rings (SSSR count). The van der Waals surface area contributed by atoms with Crippen molar-refractivity contribution in [3.8, 4) is 0 Å². The zero-order valence-electron chi connectivity index (χ0n) is 10.6. The van der Waals surface area contributed by atoms with E-state index in [1.165, 1.54) is 12.1 Å². The molecule has 2 atom stereocenters. The Morgan fingerprint density at radius 1 is 1.25 bits per heavy atom. The van der Waals surface area contributed by atoms with Crippen molar-refractivity contribution in [1.29, 1.82) is 0 Å². The van der Waals surface area contributed by atoms with Crippen LogP contribution in [0, 0.1) is 0 Å². The van der Waals surface area contributed by atoms with Gasteiger partial charge >= 0.3 is 5.51 Å². The molecule has 1 saturated heterocycles. The van der Waals surface area contributed by atoms with E-state index >= 15 is 0 Å². The lowest BCUT2D eigenvalue weighted by atomic mass is 10.1. The third-order valence-corrected chi connectivity index (χ3v) is 4.70. The predicted molar refractivity (Wildman–Crippen MR) is 67.1 cm³/mol. The summed E-state index contributed by atoms with van der Waals surface area (Å²) in [6, 6.07) is 4.62. The van der Waals surface area contributed by atoms with E-state index in [-0.39, 0.29) is 12.1 Å². The van der Waals surface area contributed by atoms with E-state index in [1.54, 1.807) is 0 Å². The summed E-state index contributed by atoms with van der Waals surface area (Å²) in [4.78, 5) is -0.758. The summed E-state index contributed by atoms with van der Waals surface area (Å²) in [5, 5.41) is 3.11. The maximum Gasteiger partial charge on any atom is 0.501 e. The Labute approximate surface area is 114 Å². The fourth-order valence-corrected chi connectivity index (χ4v) is 2.76. The average Bonchev–Trinajstić information content (AvgIpc) is 2.74. The molecule has 1 fully saturated rings. The van der Waals surface area contributed by atoms with Gasteiger partial charge < -0.3 is 10.1 Å². The van der Waals surface area contributed by atoms with Crippen LogP contribution in [0.1, 0.15) is 13.3 Å². The Morgan fingerprint density at radius 3 is 2.30 bits per heavy atom. The van der Waals surface area contributed by atoms with Crippen molar-refractivity contribution in [2.75, 3.05) is 11.9 Å². The summed E-state index contributed by atoms with van der Waals surface area (Å²) < 4.78 is 64.9. The Morgan fingerprint density at radius 2 is 1.85 bits per heavy atom. The van der Waals surface area contributed by atoms with E-state index in [9.17, 15) is 21.6 Å². The molecule has 1 aliphatic rings. The third-order valence-electron chi connectivity index (χ3n) is 3.20. The fourth-order valence-electron chi connectivity index (χ4n) is 2.00. The minimum absolute atomic E-state index is 0.00795. The van der Waals surface area contributed by atoms with E-state index in [1.807, 2.05) is 6.92 Å². The van der Waals surface area contributed by atoms with Crippen LogP contribution in [0.2, 0.25) is 0 Å². The highest BCUT2D eigenvalue weighted by Gasteiger charge is 2.46. The molecule has 1 aliphatic heterocycles. The van der Waals surface area contributed by atoms with Crippen LogP contribution in [-0.4, -0.2) is 32.7 Å². The fraction of sp³-hybridized carbons (Fsp3) is 0.500. The first-order chi connectivity index (χ1) is 9.22. The lowest BCUT2D eigenvalue weighted by Gasteiger charge is -2.17. The summed E-state index contributed by atoms with van der Waals surface area (Å²) in [5.41, 5.74) is -4.72. The Hall–Kier alpha value is -1.28. The molecule has 2 unspecified atom stereocenters. The number of benzene rings is 1. The van der Waals surface area contributed by atoms with Gasteiger partial charge in [-0.25, -0.2) is 8.42 Å². The predicted octanol–water partition coefficient (Wildman–Crippen LogP) is 2.57. The van der Waals surface area contributed by atoms with Crippen LogP contribution in [0.4, 0.5) is 18.9 Å². The van der Waals surface area contributed by atoms with Crippen molar-refractivity contribution >= 4 is 15.5 Å². The first-order valence-corrected chi connectivity index (χ1v) is 7.50. The molecule has 1 heterocycles. The van der Waals surface area contributed by atoms with E-state index < -0.39 is 20.2 Å². The zero-order chi connectivity index (χ0) is 15.0. The first-order valence-electron chi connectivity index (χ1n) is 6.01. The molecule has 0 spiro atoms. The van der Waals surface area contributed by atoms with Crippen molar-refractivity contribution in [2.24, 2.45) is 0 Å². The highest BCUT2D eigenvalue weighted by atomic mass is 32.2. The van der Waals surface area contributed by atoms with E-state index in [0.29, 0.717) is 12.3 Å². The number of hydrogen-bond acceptors (Lipinski definition) is 4. The molecule has 0 aliphatic carbocycles. The maximum absolute atomic E-state index is 12.4. The second kappa shape index (κ2) is 5.25. The largest absolute Gasteiger partial charge is 0.501 e. The second-order valence-electron chi connectivity index (χ2n) is 4.59. The van der Waals surface area contributed by atoms with Crippen molar-refractivity contribution in [3.05, 3.63) is 24.3 Å². The zero-order valence-corrected chi connectivity index (χ0v) is 11.5. The summed E-state index contributed by atoms with van der Waals surface area (Å²) in [6.45, 7) is 2.52. The molecular formula is C12H14F3NO3S. The summed E-state index contributed by atoms with van der Waals surface area (Å²) in [5.74, 6) is 0. The Bertz CT molecular complexity index is 569. The van der Waals surface area contributed by atoms with Crippen LogP contribution in [-0.2, 0) is 14.6 Å². The number of anilines is 1. The smallest absolute Gasteiger partial charge is 0.380 e.